The summed E-state index contributed by atoms with van der Waals surface area (Å²) >= 11 is 3.35. The molecule has 3 aromatic rings. The summed E-state index contributed by atoms with van der Waals surface area (Å²) in [6.45, 7) is 1.20. The molecule has 0 fully saturated rings. The molecule has 7 nitrogen and oxygen atoms in total. The second kappa shape index (κ2) is 10.6. The van der Waals surface area contributed by atoms with Gasteiger partial charge in [0.2, 0.25) is 0 Å². The standard InChI is InChI=1S/C23H20BrF5N4O3/c1-3-35-21(34)22(25,26)20-11-19(33(2)32-20)16-9-6-14(24)10-17(16)31-18(12-30)13-4-7-15(8-5-13)36-23(27,28)29/h4-12,31H,3,30H2,1-2H3/b18-12-. The highest BCUT2D eigenvalue weighted by Crippen LogP contribution is 2.37. The minimum absolute atomic E-state index is 0.216. The molecule has 0 bridgehead atoms. The van der Waals surface area contributed by atoms with Crippen LogP contribution in [0.3, 0.4) is 0 Å². The van der Waals surface area contributed by atoms with Crippen LogP contribution < -0.4 is 15.8 Å². The summed E-state index contributed by atoms with van der Waals surface area (Å²) in [5, 5.41) is 6.86. The number of ether oxygens (including phenoxy) is 2. The van der Waals surface area contributed by atoms with E-state index in [1.807, 2.05) is 0 Å². The molecule has 0 atom stereocenters. The lowest BCUT2D eigenvalue weighted by Crippen LogP contribution is -2.28. The summed E-state index contributed by atoms with van der Waals surface area (Å²) < 4.78 is 76.6. The Morgan fingerprint density at radius 2 is 1.81 bits per heavy atom. The molecule has 0 aliphatic carbocycles. The highest BCUT2D eigenvalue weighted by molar-refractivity contribution is 9.10. The number of esters is 1. The number of rotatable bonds is 8. The number of hydrogen-bond acceptors (Lipinski definition) is 6. The third kappa shape index (κ3) is 6.14. The fraction of sp³-hybridized carbons (Fsp3) is 0.217. The van der Waals surface area contributed by atoms with Gasteiger partial charge in [0.15, 0.2) is 0 Å². The summed E-state index contributed by atoms with van der Waals surface area (Å²) in [4.78, 5) is 11.7. The lowest BCUT2D eigenvalue weighted by Gasteiger charge is -2.16. The number of halogens is 6. The first-order valence-corrected chi connectivity index (χ1v) is 11.1. The quantitative estimate of drug-likeness (QED) is 0.262. The largest absolute Gasteiger partial charge is 0.573 e. The van der Waals surface area contributed by atoms with Crippen molar-refractivity contribution < 1.29 is 36.2 Å². The van der Waals surface area contributed by atoms with Crippen LogP contribution in [0.1, 0.15) is 18.2 Å². The average Bonchev–Trinajstić information content (AvgIpc) is 3.19. The first kappa shape index (κ1) is 27.0. The molecule has 0 radical (unpaired) electrons. The maximum Gasteiger partial charge on any atom is 0.573 e. The van der Waals surface area contributed by atoms with E-state index in [0.29, 0.717) is 27.0 Å². The Balaban J connectivity index is 1.96. The van der Waals surface area contributed by atoms with Crippen LogP contribution in [0.4, 0.5) is 27.6 Å². The van der Waals surface area contributed by atoms with E-state index in [1.54, 1.807) is 18.2 Å². The van der Waals surface area contributed by atoms with E-state index in [9.17, 15) is 26.7 Å². The van der Waals surface area contributed by atoms with Crippen molar-refractivity contribution in [2.75, 3.05) is 11.9 Å². The van der Waals surface area contributed by atoms with Crippen molar-refractivity contribution in [2.24, 2.45) is 12.8 Å². The number of aromatic nitrogens is 2. The molecule has 13 heteroatoms. The zero-order valence-electron chi connectivity index (χ0n) is 18.9. The van der Waals surface area contributed by atoms with Crippen molar-refractivity contribution in [3.05, 3.63) is 70.5 Å². The Bertz CT molecular complexity index is 1270. The number of aryl methyl sites for hydroxylation is 1. The lowest BCUT2D eigenvalue weighted by molar-refractivity contribution is -0.274. The van der Waals surface area contributed by atoms with Crippen molar-refractivity contribution in [3.8, 4) is 17.0 Å². The van der Waals surface area contributed by atoms with Gasteiger partial charge in [0.25, 0.3) is 0 Å². The maximum absolute atomic E-state index is 14.6. The van der Waals surface area contributed by atoms with Crippen molar-refractivity contribution in [1.29, 1.82) is 0 Å². The number of nitrogens with zero attached hydrogens (tertiary/aromatic N) is 2. The van der Waals surface area contributed by atoms with Crippen LogP contribution in [0.5, 0.6) is 5.75 Å². The van der Waals surface area contributed by atoms with Gasteiger partial charge in [-0.25, -0.2) is 4.79 Å². The van der Waals surface area contributed by atoms with Gasteiger partial charge in [-0.3, -0.25) is 4.68 Å². The molecule has 0 aliphatic rings. The summed E-state index contributed by atoms with van der Waals surface area (Å²) in [6.07, 6.45) is -3.63. The summed E-state index contributed by atoms with van der Waals surface area (Å²) in [5.41, 5.74) is 6.79. The van der Waals surface area contributed by atoms with E-state index in [0.717, 1.165) is 18.2 Å². The molecule has 36 heavy (non-hydrogen) atoms. The van der Waals surface area contributed by atoms with Crippen LogP contribution in [0.25, 0.3) is 17.0 Å². The molecule has 0 spiro atoms. The van der Waals surface area contributed by atoms with Gasteiger partial charge in [-0.05, 0) is 61.0 Å². The van der Waals surface area contributed by atoms with E-state index >= 15 is 0 Å². The zero-order valence-corrected chi connectivity index (χ0v) is 20.5. The minimum atomic E-state index is -4.83. The van der Waals surface area contributed by atoms with Crippen LogP contribution in [0.15, 0.2) is 59.2 Å². The smallest absolute Gasteiger partial charge is 0.461 e. The van der Waals surface area contributed by atoms with Gasteiger partial charge >= 0.3 is 18.3 Å². The van der Waals surface area contributed by atoms with Crippen molar-refractivity contribution in [3.63, 3.8) is 0 Å². The molecule has 192 valence electrons. The van der Waals surface area contributed by atoms with Crippen molar-refractivity contribution in [2.45, 2.75) is 19.2 Å². The van der Waals surface area contributed by atoms with E-state index in [-0.39, 0.29) is 12.3 Å². The monoisotopic (exact) mass is 574 g/mol. The Hall–Kier alpha value is -3.61. The molecule has 0 unspecified atom stereocenters. The fourth-order valence-electron chi connectivity index (χ4n) is 3.23. The molecule has 3 N–H and O–H groups in total. The van der Waals surface area contributed by atoms with Crippen molar-refractivity contribution in [1.82, 2.24) is 9.78 Å². The zero-order chi connectivity index (χ0) is 26.7. The third-order valence-electron chi connectivity index (χ3n) is 4.83. The number of hydrogen-bond donors (Lipinski definition) is 2. The molecule has 1 heterocycles. The number of alkyl halides is 5. The molecule has 0 aliphatic heterocycles. The molecular formula is C23H20BrF5N4O3. The third-order valence-corrected chi connectivity index (χ3v) is 5.32. The van der Waals surface area contributed by atoms with Crippen LogP contribution in [-0.2, 0) is 22.5 Å². The topological polar surface area (TPSA) is 91.4 Å². The second-order valence-electron chi connectivity index (χ2n) is 7.30. The van der Waals surface area contributed by atoms with Crippen molar-refractivity contribution >= 4 is 33.3 Å². The van der Waals surface area contributed by atoms with Gasteiger partial charge in [0, 0.05) is 29.0 Å². The Labute approximate surface area is 210 Å². The van der Waals surface area contributed by atoms with E-state index in [1.165, 1.54) is 37.0 Å². The molecule has 0 saturated carbocycles. The molecule has 0 amide bonds. The number of anilines is 1. The molecular weight excluding hydrogens is 555 g/mol. The highest BCUT2D eigenvalue weighted by atomic mass is 79.9. The van der Waals surface area contributed by atoms with Gasteiger partial charge in [-0.15, -0.1) is 13.2 Å². The predicted octanol–water partition coefficient (Wildman–Crippen LogP) is 5.77. The minimum Gasteiger partial charge on any atom is -0.461 e. The van der Waals surface area contributed by atoms with Crippen LogP contribution in [-0.4, -0.2) is 28.7 Å². The van der Waals surface area contributed by atoms with Gasteiger partial charge < -0.3 is 20.5 Å². The number of carbonyl (C=O) groups excluding carboxylic acids is 1. The number of carbonyl (C=O) groups is 1. The van der Waals surface area contributed by atoms with Crippen LogP contribution >= 0.6 is 15.9 Å². The Morgan fingerprint density at radius 3 is 2.39 bits per heavy atom. The summed E-state index contributed by atoms with van der Waals surface area (Å²) in [6, 6.07) is 11.0. The fourth-order valence-corrected chi connectivity index (χ4v) is 3.59. The van der Waals surface area contributed by atoms with E-state index in [4.69, 9.17) is 5.73 Å². The molecule has 1 aromatic heterocycles. The van der Waals surface area contributed by atoms with Gasteiger partial charge in [-0.1, -0.05) is 15.9 Å². The van der Waals surface area contributed by atoms with Crippen LogP contribution in [0.2, 0.25) is 0 Å². The predicted molar refractivity (Wildman–Crippen MR) is 126 cm³/mol. The Kier molecular flexibility index (Phi) is 7.92. The SMILES string of the molecule is CCOC(=O)C(F)(F)c1cc(-c2ccc(Br)cc2N/C(=C\N)c2ccc(OC(F)(F)F)cc2)n(C)n1. The maximum atomic E-state index is 14.6. The number of benzene rings is 2. The number of nitrogens with one attached hydrogen (secondary N) is 1. The first-order chi connectivity index (χ1) is 16.9. The normalized spacial score (nSPS) is 12.4. The van der Waals surface area contributed by atoms with E-state index in [2.05, 4.69) is 35.8 Å². The summed E-state index contributed by atoms with van der Waals surface area (Å²) in [5.74, 6) is -6.08. The van der Waals surface area contributed by atoms with Gasteiger partial charge in [0.1, 0.15) is 11.4 Å². The van der Waals surface area contributed by atoms with Crippen LogP contribution in [0, 0.1) is 0 Å². The Morgan fingerprint density at radius 1 is 1.14 bits per heavy atom. The molecule has 0 saturated heterocycles. The number of nitrogens with two attached hydrogens (primary N) is 1. The lowest BCUT2D eigenvalue weighted by atomic mass is 10.1. The molecule has 3 rings (SSSR count). The van der Waals surface area contributed by atoms with E-state index < -0.39 is 29.7 Å². The first-order valence-electron chi connectivity index (χ1n) is 10.3. The average molecular weight is 575 g/mol. The second-order valence-corrected chi connectivity index (χ2v) is 8.22. The van der Waals surface area contributed by atoms with Gasteiger partial charge in [0.05, 0.1) is 18.0 Å². The molecule has 2 aromatic carbocycles. The summed E-state index contributed by atoms with van der Waals surface area (Å²) in [7, 11) is 1.44. The van der Waals surface area contributed by atoms with Gasteiger partial charge in [-0.2, -0.15) is 13.9 Å². The highest BCUT2D eigenvalue weighted by Gasteiger charge is 2.45.